The Bertz CT molecular complexity index is 155. The maximum absolute atomic E-state index is 5.21. The van der Waals surface area contributed by atoms with Crippen LogP contribution in [0.5, 0.6) is 0 Å². The lowest BCUT2D eigenvalue weighted by Crippen LogP contribution is -2.21. The van der Waals surface area contributed by atoms with E-state index < -0.39 is 0 Å². The van der Waals surface area contributed by atoms with Gasteiger partial charge in [0.25, 0.3) is 0 Å². The van der Waals surface area contributed by atoms with Gasteiger partial charge in [0.15, 0.2) is 0 Å². The van der Waals surface area contributed by atoms with Gasteiger partial charge in [-0.2, -0.15) is 0 Å². The van der Waals surface area contributed by atoms with Crippen LogP contribution in [-0.4, -0.2) is 6.61 Å². The average molecular weight is 228 g/mol. The van der Waals surface area contributed by atoms with Gasteiger partial charge in [-0.15, -0.1) is 0 Å². The summed E-state index contributed by atoms with van der Waals surface area (Å²) in [7, 11) is 2.40. The van der Waals surface area contributed by atoms with Gasteiger partial charge in [0, 0.05) is 9.47 Å². The summed E-state index contributed by atoms with van der Waals surface area (Å²) in [6.07, 6.45) is 13.2. The van der Waals surface area contributed by atoms with Gasteiger partial charge in [0.1, 0.15) is 0 Å². The van der Waals surface area contributed by atoms with Crippen LogP contribution in [0.4, 0.5) is 0 Å². The number of hydrogen-bond donors (Lipinski definition) is 0. The molecular formula is C13H25OP. The third-order valence-electron chi connectivity index (χ3n) is 4.58. The summed E-state index contributed by atoms with van der Waals surface area (Å²) < 4.78 is 5.21. The number of hydrogen-bond acceptors (Lipinski definition) is 1. The lowest BCUT2D eigenvalue weighted by Gasteiger charge is -2.29. The van der Waals surface area contributed by atoms with Gasteiger partial charge in [-0.3, -0.25) is 0 Å². The van der Waals surface area contributed by atoms with Crippen molar-refractivity contribution in [2.24, 2.45) is 17.8 Å². The van der Waals surface area contributed by atoms with Gasteiger partial charge in [0.05, 0.1) is 6.61 Å². The zero-order valence-corrected chi connectivity index (χ0v) is 10.9. The maximum Gasteiger partial charge on any atom is 0.0504 e. The topological polar surface area (TPSA) is 9.23 Å². The quantitative estimate of drug-likeness (QED) is 0.641. The first-order valence-corrected chi connectivity index (χ1v) is 7.20. The van der Waals surface area contributed by atoms with Crippen molar-refractivity contribution in [2.45, 2.75) is 57.8 Å². The summed E-state index contributed by atoms with van der Waals surface area (Å²) in [6.45, 7) is 0.947. The third-order valence-corrected chi connectivity index (χ3v) is 4.82. The molecule has 2 aliphatic rings. The molecule has 15 heavy (non-hydrogen) atoms. The Balaban J connectivity index is 1.88. The highest BCUT2D eigenvalue weighted by Crippen LogP contribution is 2.43. The van der Waals surface area contributed by atoms with Crippen LogP contribution in [0, 0.1) is 17.8 Å². The lowest BCUT2D eigenvalue weighted by molar-refractivity contribution is 0.185. The highest BCUT2D eigenvalue weighted by atomic mass is 31.0. The van der Waals surface area contributed by atoms with E-state index in [4.69, 9.17) is 4.52 Å². The highest BCUT2D eigenvalue weighted by Gasteiger charge is 2.32. The second-order valence-electron chi connectivity index (χ2n) is 5.41. The molecule has 1 unspecified atom stereocenters. The van der Waals surface area contributed by atoms with Crippen LogP contribution in [0.15, 0.2) is 0 Å². The van der Waals surface area contributed by atoms with Gasteiger partial charge >= 0.3 is 0 Å². The van der Waals surface area contributed by atoms with Gasteiger partial charge in [-0.25, -0.2) is 0 Å². The smallest absolute Gasteiger partial charge is 0.0504 e. The van der Waals surface area contributed by atoms with Crippen LogP contribution >= 0.6 is 9.47 Å². The summed E-state index contributed by atoms with van der Waals surface area (Å²) >= 11 is 0. The fraction of sp³-hybridized carbons (Fsp3) is 1.00. The van der Waals surface area contributed by atoms with Crippen molar-refractivity contribution in [3.63, 3.8) is 0 Å². The monoisotopic (exact) mass is 228 g/mol. The summed E-state index contributed by atoms with van der Waals surface area (Å²) in [5.74, 6) is 3.05. The first-order valence-electron chi connectivity index (χ1n) is 6.73. The largest absolute Gasteiger partial charge is 0.366 e. The van der Waals surface area contributed by atoms with Crippen LogP contribution in [-0.2, 0) is 4.52 Å². The summed E-state index contributed by atoms with van der Waals surface area (Å²) in [6, 6.07) is 0. The molecule has 0 N–H and O–H groups in total. The molecule has 0 radical (unpaired) electrons. The summed E-state index contributed by atoms with van der Waals surface area (Å²) in [4.78, 5) is 0. The molecule has 0 aromatic rings. The molecule has 88 valence electrons. The molecule has 0 heterocycles. The average Bonchev–Trinajstić information content (AvgIpc) is 2.90. The second-order valence-corrected chi connectivity index (χ2v) is 5.75. The molecule has 2 aliphatic carbocycles. The minimum atomic E-state index is 0.947. The van der Waals surface area contributed by atoms with E-state index >= 15 is 0 Å². The molecule has 2 saturated carbocycles. The number of rotatable bonds is 5. The van der Waals surface area contributed by atoms with Gasteiger partial charge < -0.3 is 4.52 Å². The minimum Gasteiger partial charge on any atom is -0.366 e. The molecule has 1 atom stereocenters. The van der Waals surface area contributed by atoms with E-state index in [1.807, 2.05) is 0 Å². The molecule has 0 spiro atoms. The van der Waals surface area contributed by atoms with E-state index in [-0.39, 0.29) is 0 Å². The van der Waals surface area contributed by atoms with E-state index in [1.54, 1.807) is 0 Å². The van der Waals surface area contributed by atoms with Crippen molar-refractivity contribution in [3.8, 4) is 0 Å². The molecule has 0 aromatic carbocycles. The minimum absolute atomic E-state index is 0.947. The highest BCUT2D eigenvalue weighted by molar-refractivity contribution is 7.09. The van der Waals surface area contributed by atoms with Gasteiger partial charge in [0.2, 0.25) is 0 Å². The Hall–Kier alpha value is 0.390. The van der Waals surface area contributed by atoms with E-state index in [1.165, 1.54) is 57.8 Å². The predicted octanol–water partition coefficient (Wildman–Crippen LogP) is 4.18. The zero-order valence-electron chi connectivity index (χ0n) is 9.79. The maximum atomic E-state index is 5.21. The van der Waals surface area contributed by atoms with Crippen LogP contribution in [0.2, 0.25) is 0 Å². The fourth-order valence-corrected chi connectivity index (χ4v) is 3.97. The summed E-state index contributed by atoms with van der Waals surface area (Å²) in [5.41, 5.74) is 0. The second kappa shape index (κ2) is 6.21. The Labute approximate surface area is 96.6 Å². The van der Waals surface area contributed by atoms with E-state index in [0.29, 0.717) is 0 Å². The van der Waals surface area contributed by atoms with Crippen LogP contribution < -0.4 is 0 Å². The van der Waals surface area contributed by atoms with E-state index in [9.17, 15) is 0 Å². The van der Waals surface area contributed by atoms with E-state index in [0.717, 1.165) is 24.4 Å². The molecule has 0 aromatic heterocycles. The molecule has 2 fully saturated rings. The van der Waals surface area contributed by atoms with Gasteiger partial charge in [-0.1, -0.05) is 51.4 Å². The fourth-order valence-electron chi connectivity index (χ4n) is 3.83. The summed E-state index contributed by atoms with van der Waals surface area (Å²) in [5, 5.41) is 0. The molecule has 1 nitrogen and oxygen atoms in total. The van der Waals surface area contributed by atoms with Crippen molar-refractivity contribution in [1.29, 1.82) is 0 Å². The Morgan fingerprint density at radius 3 is 1.80 bits per heavy atom. The molecule has 2 heteroatoms. The van der Waals surface area contributed by atoms with Crippen molar-refractivity contribution < 1.29 is 4.52 Å². The molecule has 0 amide bonds. The Morgan fingerprint density at radius 2 is 1.40 bits per heavy atom. The molecule has 0 bridgehead atoms. The van der Waals surface area contributed by atoms with Crippen molar-refractivity contribution in [3.05, 3.63) is 0 Å². The molecular weight excluding hydrogens is 203 g/mol. The Kier molecular flexibility index (Phi) is 4.91. The standard InChI is InChI=1S/C13H25OP/c15-14-10-9-13(11-5-1-2-6-11)12-7-3-4-8-12/h11-13H,1-10,15H2. The first kappa shape index (κ1) is 11.9. The Morgan fingerprint density at radius 1 is 0.933 bits per heavy atom. The molecule has 0 saturated heterocycles. The molecule has 2 rings (SSSR count). The van der Waals surface area contributed by atoms with Crippen molar-refractivity contribution >= 4 is 9.47 Å². The van der Waals surface area contributed by atoms with Crippen LogP contribution in [0.3, 0.4) is 0 Å². The molecule has 0 aliphatic heterocycles. The van der Waals surface area contributed by atoms with Crippen molar-refractivity contribution in [2.75, 3.05) is 6.61 Å². The van der Waals surface area contributed by atoms with E-state index in [2.05, 4.69) is 9.47 Å². The first-order chi connectivity index (χ1) is 7.42. The zero-order chi connectivity index (χ0) is 10.5. The third kappa shape index (κ3) is 3.17. The SMILES string of the molecule is POCCC(C1CCCC1)C1CCCC1. The van der Waals surface area contributed by atoms with Gasteiger partial charge in [-0.05, 0) is 24.2 Å². The predicted molar refractivity (Wildman–Crippen MR) is 67.7 cm³/mol. The van der Waals surface area contributed by atoms with Crippen LogP contribution in [0.1, 0.15) is 57.8 Å². The lowest BCUT2D eigenvalue weighted by atomic mass is 9.78. The van der Waals surface area contributed by atoms with Crippen molar-refractivity contribution in [1.82, 2.24) is 0 Å². The van der Waals surface area contributed by atoms with Crippen LogP contribution in [0.25, 0.3) is 0 Å². The normalized spacial score (nSPS) is 24.4.